The van der Waals surface area contributed by atoms with Crippen LogP contribution in [0, 0.1) is 0 Å². The largest absolute Gasteiger partial charge is 0.497 e. The van der Waals surface area contributed by atoms with Gasteiger partial charge in [-0.15, -0.1) is 0 Å². The van der Waals surface area contributed by atoms with Gasteiger partial charge >= 0.3 is 0 Å². The highest BCUT2D eigenvalue weighted by atomic mass is 16.5. The van der Waals surface area contributed by atoms with Crippen molar-refractivity contribution < 1.29 is 14.3 Å². The molecule has 5 heteroatoms. The Kier molecular flexibility index (Phi) is 5.74. The summed E-state index contributed by atoms with van der Waals surface area (Å²) in [5.74, 6) is 0.210. The molecule has 0 aliphatic heterocycles. The van der Waals surface area contributed by atoms with Crippen molar-refractivity contribution in [3.8, 4) is 5.75 Å². The predicted molar refractivity (Wildman–Crippen MR) is 90.0 cm³/mol. The van der Waals surface area contributed by atoms with Gasteiger partial charge in [-0.25, -0.2) is 0 Å². The maximum Gasteiger partial charge on any atom is 0.255 e. The van der Waals surface area contributed by atoms with Gasteiger partial charge in [0.25, 0.3) is 11.8 Å². The highest BCUT2D eigenvalue weighted by Crippen LogP contribution is 2.17. The lowest BCUT2D eigenvalue weighted by Crippen LogP contribution is -2.24. The number of methoxy groups -OCH3 is 1. The lowest BCUT2D eigenvalue weighted by molar-refractivity contribution is 0.0953. The van der Waals surface area contributed by atoms with E-state index >= 15 is 0 Å². The van der Waals surface area contributed by atoms with Crippen LogP contribution in [-0.2, 0) is 0 Å². The van der Waals surface area contributed by atoms with Crippen molar-refractivity contribution in [2.45, 2.75) is 13.3 Å². The standard InChI is InChI=1S/C18H20N2O3/c1-3-10-19-17(21)13-6-4-7-14(11-13)18(22)20-15-8-5-9-16(12-15)23-2/h4-9,11-12H,3,10H2,1-2H3,(H,19,21)(H,20,22). The normalized spacial score (nSPS) is 10.0. The summed E-state index contributed by atoms with van der Waals surface area (Å²) in [5, 5.41) is 5.58. The van der Waals surface area contributed by atoms with E-state index in [4.69, 9.17) is 4.74 Å². The average molecular weight is 312 g/mol. The summed E-state index contributed by atoms with van der Waals surface area (Å²) in [6.07, 6.45) is 0.863. The highest BCUT2D eigenvalue weighted by Gasteiger charge is 2.10. The fourth-order valence-corrected chi connectivity index (χ4v) is 2.05. The third-order valence-electron chi connectivity index (χ3n) is 3.25. The summed E-state index contributed by atoms with van der Waals surface area (Å²) in [6, 6.07) is 13.7. The van der Waals surface area contributed by atoms with E-state index in [0.717, 1.165) is 6.42 Å². The second kappa shape index (κ2) is 7.98. The molecule has 0 radical (unpaired) electrons. The first-order valence-electron chi connectivity index (χ1n) is 7.47. The number of hydrogen-bond donors (Lipinski definition) is 2. The average Bonchev–Trinajstić information content (AvgIpc) is 2.59. The molecule has 0 unspecified atom stereocenters. The second-order valence-corrected chi connectivity index (χ2v) is 5.02. The molecule has 2 aromatic carbocycles. The molecule has 0 heterocycles. The fraction of sp³-hybridized carbons (Fsp3) is 0.222. The minimum atomic E-state index is -0.275. The van der Waals surface area contributed by atoms with E-state index in [-0.39, 0.29) is 11.8 Å². The van der Waals surface area contributed by atoms with Crippen LogP contribution in [0.4, 0.5) is 5.69 Å². The van der Waals surface area contributed by atoms with Crippen LogP contribution in [0.25, 0.3) is 0 Å². The van der Waals surface area contributed by atoms with Crippen LogP contribution in [0.3, 0.4) is 0 Å². The van der Waals surface area contributed by atoms with Gasteiger partial charge in [-0.1, -0.05) is 19.1 Å². The highest BCUT2D eigenvalue weighted by molar-refractivity contribution is 6.06. The molecule has 0 aliphatic carbocycles. The van der Waals surface area contributed by atoms with E-state index in [9.17, 15) is 9.59 Å². The third kappa shape index (κ3) is 4.57. The second-order valence-electron chi connectivity index (χ2n) is 5.02. The smallest absolute Gasteiger partial charge is 0.255 e. The topological polar surface area (TPSA) is 67.4 Å². The van der Waals surface area contributed by atoms with Gasteiger partial charge < -0.3 is 15.4 Å². The number of hydrogen-bond acceptors (Lipinski definition) is 3. The van der Waals surface area contributed by atoms with Gasteiger partial charge in [0.1, 0.15) is 5.75 Å². The number of amides is 2. The van der Waals surface area contributed by atoms with Crippen LogP contribution in [0.5, 0.6) is 5.75 Å². The molecule has 23 heavy (non-hydrogen) atoms. The molecule has 2 N–H and O–H groups in total. The van der Waals surface area contributed by atoms with E-state index < -0.39 is 0 Å². The molecule has 2 rings (SSSR count). The van der Waals surface area contributed by atoms with Crippen molar-refractivity contribution in [3.63, 3.8) is 0 Å². The molecule has 0 atom stereocenters. The summed E-state index contributed by atoms with van der Waals surface area (Å²) in [7, 11) is 1.57. The Balaban J connectivity index is 2.11. The zero-order valence-electron chi connectivity index (χ0n) is 13.3. The number of nitrogens with one attached hydrogen (secondary N) is 2. The Morgan fingerprint density at radius 2 is 1.70 bits per heavy atom. The maximum absolute atomic E-state index is 12.3. The number of carbonyl (C=O) groups is 2. The van der Waals surface area contributed by atoms with E-state index in [2.05, 4.69) is 10.6 Å². The van der Waals surface area contributed by atoms with Crippen molar-refractivity contribution in [2.24, 2.45) is 0 Å². The zero-order valence-corrected chi connectivity index (χ0v) is 13.3. The molecule has 0 bridgehead atoms. The Morgan fingerprint density at radius 1 is 1.00 bits per heavy atom. The van der Waals surface area contributed by atoms with Crippen molar-refractivity contribution in [3.05, 3.63) is 59.7 Å². The van der Waals surface area contributed by atoms with Crippen molar-refractivity contribution in [1.29, 1.82) is 0 Å². The van der Waals surface area contributed by atoms with Crippen LogP contribution in [0.2, 0.25) is 0 Å². The number of benzene rings is 2. The summed E-state index contributed by atoms with van der Waals surface area (Å²) < 4.78 is 5.13. The summed E-state index contributed by atoms with van der Waals surface area (Å²) in [5.41, 5.74) is 1.53. The summed E-state index contributed by atoms with van der Waals surface area (Å²) >= 11 is 0. The molecule has 5 nitrogen and oxygen atoms in total. The summed E-state index contributed by atoms with van der Waals surface area (Å²) in [6.45, 7) is 2.59. The molecule has 0 spiro atoms. The Labute approximate surface area is 135 Å². The molecule has 2 aromatic rings. The summed E-state index contributed by atoms with van der Waals surface area (Å²) in [4.78, 5) is 24.3. The van der Waals surface area contributed by atoms with Gasteiger partial charge in [0.05, 0.1) is 7.11 Å². The van der Waals surface area contributed by atoms with Crippen molar-refractivity contribution in [1.82, 2.24) is 5.32 Å². The molecule has 0 fully saturated rings. The monoisotopic (exact) mass is 312 g/mol. The molecule has 2 amide bonds. The van der Waals surface area contributed by atoms with Gasteiger partial charge in [-0.3, -0.25) is 9.59 Å². The number of anilines is 1. The first kappa shape index (κ1) is 16.5. The number of ether oxygens (including phenoxy) is 1. The van der Waals surface area contributed by atoms with Crippen molar-refractivity contribution in [2.75, 3.05) is 19.0 Å². The van der Waals surface area contributed by atoms with Crippen LogP contribution < -0.4 is 15.4 Å². The molecule has 0 aliphatic rings. The van der Waals surface area contributed by atoms with Gasteiger partial charge in [0.2, 0.25) is 0 Å². The van der Waals surface area contributed by atoms with Gasteiger partial charge in [0, 0.05) is 29.4 Å². The van der Waals surface area contributed by atoms with Crippen LogP contribution in [0.15, 0.2) is 48.5 Å². The number of rotatable bonds is 6. The van der Waals surface area contributed by atoms with Gasteiger partial charge in [-0.05, 0) is 36.8 Å². The third-order valence-corrected chi connectivity index (χ3v) is 3.25. The van der Waals surface area contributed by atoms with Gasteiger partial charge in [0.15, 0.2) is 0 Å². The molecule has 120 valence electrons. The lowest BCUT2D eigenvalue weighted by Gasteiger charge is -2.08. The maximum atomic E-state index is 12.3. The molecular weight excluding hydrogens is 292 g/mol. The molecule has 0 saturated heterocycles. The Bertz CT molecular complexity index is 698. The lowest BCUT2D eigenvalue weighted by atomic mass is 10.1. The number of carbonyl (C=O) groups excluding carboxylic acids is 2. The first-order valence-corrected chi connectivity index (χ1v) is 7.47. The SMILES string of the molecule is CCCNC(=O)c1cccc(C(=O)Nc2cccc(OC)c2)c1. The fourth-order valence-electron chi connectivity index (χ4n) is 2.05. The van der Waals surface area contributed by atoms with Crippen LogP contribution in [0.1, 0.15) is 34.1 Å². The van der Waals surface area contributed by atoms with Crippen LogP contribution >= 0.6 is 0 Å². The van der Waals surface area contributed by atoms with Crippen molar-refractivity contribution >= 4 is 17.5 Å². The quantitative estimate of drug-likeness (QED) is 0.861. The minimum Gasteiger partial charge on any atom is -0.497 e. The minimum absolute atomic E-state index is 0.178. The Hall–Kier alpha value is -2.82. The molecule has 0 aromatic heterocycles. The van der Waals surface area contributed by atoms with E-state index in [1.54, 1.807) is 55.6 Å². The van der Waals surface area contributed by atoms with Crippen LogP contribution in [-0.4, -0.2) is 25.5 Å². The predicted octanol–water partition coefficient (Wildman–Crippen LogP) is 3.09. The zero-order chi connectivity index (χ0) is 16.7. The van der Waals surface area contributed by atoms with Gasteiger partial charge in [-0.2, -0.15) is 0 Å². The molecule has 0 saturated carbocycles. The molecular formula is C18H20N2O3. The van der Waals surface area contributed by atoms with E-state index in [0.29, 0.717) is 29.1 Å². The Morgan fingerprint density at radius 3 is 2.39 bits per heavy atom. The van der Waals surface area contributed by atoms with E-state index in [1.165, 1.54) is 0 Å². The first-order chi connectivity index (χ1) is 11.1. The van der Waals surface area contributed by atoms with E-state index in [1.807, 2.05) is 6.92 Å².